The van der Waals surface area contributed by atoms with Crippen LogP contribution in [0.2, 0.25) is 0 Å². The van der Waals surface area contributed by atoms with Crippen molar-refractivity contribution in [1.29, 1.82) is 0 Å². The Morgan fingerprint density at radius 3 is 2.41 bits per heavy atom. The van der Waals surface area contributed by atoms with Gasteiger partial charge in [0.1, 0.15) is 15.6 Å². The summed E-state index contributed by atoms with van der Waals surface area (Å²) in [4.78, 5) is 18.3. The van der Waals surface area contributed by atoms with Gasteiger partial charge in [-0.2, -0.15) is 0 Å². The van der Waals surface area contributed by atoms with Gasteiger partial charge >= 0.3 is 0 Å². The van der Waals surface area contributed by atoms with Crippen LogP contribution in [0.15, 0.2) is 24.3 Å². The summed E-state index contributed by atoms with van der Waals surface area (Å²) in [7, 11) is -3.50. The van der Waals surface area contributed by atoms with Crippen molar-refractivity contribution in [2.24, 2.45) is 0 Å². The molecule has 8 heteroatoms. The van der Waals surface area contributed by atoms with Gasteiger partial charge in [0.05, 0.1) is 16.6 Å². The molecule has 2 aromatic rings. The average Bonchev–Trinajstić information content (AvgIpc) is 3.22. The smallest absolute Gasteiger partial charge is 0.241 e. The van der Waals surface area contributed by atoms with Crippen molar-refractivity contribution >= 4 is 27.1 Å². The molecular weight excluding hydrogens is 387 g/mol. The number of aryl methyl sites for hydroxylation is 1. The third-order valence-corrected chi connectivity index (χ3v) is 8.60. The van der Waals surface area contributed by atoms with Gasteiger partial charge in [-0.1, -0.05) is 12.8 Å². The highest BCUT2D eigenvalue weighted by atomic mass is 32.2. The van der Waals surface area contributed by atoms with Crippen LogP contribution in [0.3, 0.4) is 0 Å². The molecule has 3 rings (SSSR count). The van der Waals surface area contributed by atoms with Gasteiger partial charge in [-0.15, -0.1) is 11.3 Å². The molecule has 1 aromatic heterocycles. The number of benzene rings is 1. The maximum atomic E-state index is 13.1. The lowest BCUT2D eigenvalue weighted by Gasteiger charge is -2.27. The van der Waals surface area contributed by atoms with E-state index in [2.05, 4.69) is 10.3 Å². The molecule has 0 saturated heterocycles. The molecule has 1 aliphatic rings. The van der Waals surface area contributed by atoms with E-state index in [4.69, 9.17) is 0 Å². The number of hydrogen-bond acceptors (Lipinski definition) is 5. The van der Waals surface area contributed by atoms with Gasteiger partial charge in [0.15, 0.2) is 9.84 Å². The minimum Gasteiger partial charge on any atom is -0.347 e. The Balaban J connectivity index is 1.83. The summed E-state index contributed by atoms with van der Waals surface area (Å²) in [5.74, 6) is -0.735. The number of amides is 1. The van der Waals surface area contributed by atoms with Crippen LogP contribution in [0.25, 0.3) is 10.6 Å². The van der Waals surface area contributed by atoms with Gasteiger partial charge < -0.3 is 5.32 Å². The Kier molecular flexibility index (Phi) is 5.40. The fourth-order valence-electron chi connectivity index (χ4n) is 3.63. The Morgan fingerprint density at radius 2 is 1.85 bits per heavy atom. The summed E-state index contributed by atoms with van der Waals surface area (Å²) in [5.41, 5.74) is 1.57. The van der Waals surface area contributed by atoms with Gasteiger partial charge in [-0.3, -0.25) is 4.79 Å². The summed E-state index contributed by atoms with van der Waals surface area (Å²) >= 11 is 1.42. The van der Waals surface area contributed by atoms with Gasteiger partial charge in [-0.05, 0) is 51.0 Å². The van der Waals surface area contributed by atoms with E-state index in [9.17, 15) is 17.6 Å². The first-order chi connectivity index (χ1) is 12.6. The molecule has 1 amide bonds. The molecule has 1 aromatic carbocycles. The molecular formula is C19H23FN2O3S2. The summed E-state index contributed by atoms with van der Waals surface area (Å²) in [6.45, 7) is 3.68. The van der Waals surface area contributed by atoms with Crippen molar-refractivity contribution in [3.05, 3.63) is 40.7 Å². The van der Waals surface area contributed by atoms with Crippen LogP contribution in [-0.4, -0.2) is 30.3 Å². The van der Waals surface area contributed by atoms with Crippen LogP contribution >= 0.6 is 11.3 Å². The molecule has 146 valence electrons. The first kappa shape index (κ1) is 19.9. The highest BCUT2D eigenvalue weighted by Crippen LogP contribution is 2.38. The number of sulfone groups is 1. The maximum absolute atomic E-state index is 13.1. The molecule has 0 bridgehead atoms. The molecule has 1 atom stereocenters. The lowest BCUT2D eigenvalue weighted by atomic mass is 10.1. The second-order valence-electron chi connectivity index (χ2n) is 7.14. The highest BCUT2D eigenvalue weighted by Gasteiger charge is 2.50. The lowest BCUT2D eigenvalue weighted by Crippen LogP contribution is -2.50. The van der Waals surface area contributed by atoms with Crippen LogP contribution in [0.5, 0.6) is 0 Å². The summed E-state index contributed by atoms with van der Waals surface area (Å²) < 4.78 is 36.4. The average molecular weight is 411 g/mol. The number of nitrogens with zero attached hydrogens (tertiary/aromatic N) is 1. The first-order valence-corrected chi connectivity index (χ1v) is 11.6. The second-order valence-corrected chi connectivity index (χ2v) is 10.5. The zero-order valence-corrected chi connectivity index (χ0v) is 17.2. The predicted octanol–water partition coefficient (Wildman–Crippen LogP) is 3.79. The normalized spacial score (nSPS) is 17.6. The molecule has 0 radical (unpaired) electrons. The molecule has 27 heavy (non-hydrogen) atoms. The van der Waals surface area contributed by atoms with Crippen LogP contribution in [0, 0.1) is 12.7 Å². The summed E-state index contributed by atoms with van der Waals surface area (Å²) in [6.07, 6.45) is 3.36. The number of thiazole rings is 1. The third-order valence-electron chi connectivity index (χ3n) is 5.20. The van der Waals surface area contributed by atoms with Crippen molar-refractivity contribution in [3.63, 3.8) is 0 Å². The van der Waals surface area contributed by atoms with Crippen molar-refractivity contribution in [1.82, 2.24) is 10.3 Å². The number of rotatable bonds is 5. The van der Waals surface area contributed by atoms with Crippen LogP contribution in [0.1, 0.15) is 49.2 Å². The van der Waals surface area contributed by atoms with E-state index >= 15 is 0 Å². The molecule has 1 aliphatic carbocycles. The monoisotopic (exact) mass is 410 g/mol. The van der Waals surface area contributed by atoms with Gasteiger partial charge in [-0.25, -0.2) is 17.8 Å². The second kappa shape index (κ2) is 7.31. The molecule has 1 heterocycles. The minimum absolute atomic E-state index is 0.310. The number of aromatic nitrogens is 1. The van der Waals surface area contributed by atoms with E-state index in [-0.39, 0.29) is 11.9 Å². The van der Waals surface area contributed by atoms with Crippen molar-refractivity contribution in [3.8, 4) is 10.6 Å². The van der Waals surface area contributed by atoms with Crippen LogP contribution < -0.4 is 5.32 Å². The number of halogens is 1. The summed E-state index contributed by atoms with van der Waals surface area (Å²) in [6, 6.07) is 5.73. The lowest BCUT2D eigenvalue weighted by molar-refractivity contribution is -0.124. The number of carbonyl (C=O) groups is 1. The van der Waals surface area contributed by atoms with Crippen LogP contribution in [-0.2, 0) is 14.6 Å². The van der Waals surface area contributed by atoms with Gasteiger partial charge in [0, 0.05) is 11.8 Å². The number of carbonyl (C=O) groups excluding carboxylic acids is 1. The largest absolute Gasteiger partial charge is 0.347 e. The standard InChI is InChI=1S/C19H23FN2O3S2/c1-12-16(26-17(21-12)14-6-8-15(20)9-7-14)13(2)22-18(23)19(27(3,24)25)10-4-5-11-19/h6-9,13H,4-5,10-11H2,1-3H3,(H,22,23). The topological polar surface area (TPSA) is 76.1 Å². The van der Waals surface area contributed by atoms with E-state index in [1.54, 1.807) is 12.1 Å². The van der Waals surface area contributed by atoms with E-state index in [0.717, 1.165) is 40.2 Å². The van der Waals surface area contributed by atoms with Gasteiger partial charge in [0.25, 0.3) is 0 Å². The Labute approximate surface area is 162 Å². The van der Waals surface area contributed by atoms with Crippen molar-refractivity contribution in [2.45, 2.75) is 50.3 Å². The van der Waals surface area contributed by atoms with Crippen molar-refractivity contribution in [2.75, 3.05) is 6.26 Å². The third kappa shape index (κ3) is 3.78. The fraction of sp³-hybridized carbons (Fsp3) is 0.474. The maximum Gasteiger partial charge on any atom is 0.241 e. The Hall–Kier alpha value is -1.80. The number of hydrogen-bond donors (Lipinski definition) is 1. The Morgan fingerprint density at radius 1 is 1.26 bits per heavy atom. The van der Waals surface area contributed by atoms with E-state index in [1.165, 1.54) is 23.5 Å². The highest BCUT2D eigenvalue weighted by molar-refractivity contribution is 7.92. The quantitative estimate of drug-likeness (QED) is 0.814. The SMILES string of the molecule is Cc1nc(-c2ccc(F)cc2)sc1C(C)NC(=O)C1(S(C)(=O)=O)CCCC1. The van der Waals surface area contributed by atoms with E-state index < -0.39 is 20.5 Å². The van der Waals surface area contributed by atoms with Crippen LogP contribution in [0.4, 0.5) is 4.39 Å². The van der Waals surface area contributed by atoms with Crippen molar-refractivity contribution < 1.29 is 17.6 Å². The van der Waals surface area contributed by atoms with Gasteiger partial charge in [0.2, 0.25) is 5.91 Å². The predicted molar refractivity (Wildman–Crippen MR) is 105 cm³/mol. The molecule has 5 nitrogen and oxygen atoms in total. The van der Waals surface area contributed by atoms with E-state index in [1.807, 2.05) is 13.8 Å². The molecule has 1 N–H and O–H groups in total. The molecule has 0 spiro atoms. The minimum atomic E-state index is -3.50. The number of nitrogens with one attached hydrogen (secondary N) is 1. The molecule has 0 aliphatic heterocycles. The summed E-state index contributed by atoms with van der Waals surface area (Å²) in [5, 5.41) is 3.63. The fourth-order valence-corrected chi connectivity index (χ4v) is 6.13. The molecule has 1 unspecified atom stereocenters. The Bertz CT molecular complexity index is 946. The zero-order valence-electron chi connectivity index (χ0n) is 15.6. The molecule has 1 fully saturated rings. The first-order valence-electron chi connectivity index (χ1n) is 8.88. The van der Waals surface area contributed by atoms with E-state index in [0.29, 0.717) is 12.8 Å². The molecule has 1 saturated carbocycles. The zero-order chi connectivity index (χ0) is 19.8.